The molecule has 3 aromatic rings. The molecule has 0 aliphatic carbocycles. The van der Waals surface area contributed by atoms with Gasteiger partial charge in [0, 0.05) is 17.8 Å². The largest absolute Gasteiger partial charge is 0.497 e. The molecule has 0 unspecified atom stereocenters. The molecule has 0 atom stereocenters. The van der Waals surface area contributed by atoms with Crippen molar-refractivity contribution in [1.29, 1.82) is 0 Å². The summed E-state index contributed by atoms with van der Waals surface area (Å²) in [5, 5.41) is 21.8. The van der Waals surface area contributed by atoms with Crippen LogP contribution < -0.4 is 16.0 Å². The third-order valence-electron chi connectivity index (χ3n) is 4.62. The van der Waals surface area contributed by atoms with E-state index in [4.69, 9.17) is 4.74 Å². The Kier molecular flexibility index (Phi) is 5.50. The van der Waals surface area contributed by atoms with Gasteiger partial charge in [0.15, 0.2) is 0 Å². The van der Waals surface area contributed by atoms with Crippen LogP contribution in [0.5, 0.6) is 11.6 Å². The van der Waals surface area contributed by atoms with Crippen molar-refractivity contribution in [2.24, 2.45) is 4.99 Å². The van der Waals surface area contributed by atoms with E-state index in [1.165, 1.54) is 25.3 Å². The number of aromatic amines is 1. The molecule has 1 aromatic heterocycles. The number of aryl methyl sites for hydroxylation is 1. The maximum Gasteiger partial charge on any atom is 0.335 e. The summed E-state index contributed by atoms with van der Waals surface area (Å²) in [7, 11) is 1.49. The van der Waals surface area contributed by atoms with Gasteiger partial charge in [-0.25, -0.2) is 9.36 Å². The van der Waals surface area contributed by atoms with Gasteiger partial charge in [0.1, 0.15) is 11.3 Å². The van der Waals surface area contributed by atoms with Gasteiger partial charge < -0.3 is 9.84 Å². The van der Waals surface area contributed by atoms with Crippen LogP contribution in [0.1, 0.15) is 16.7 Å². The van der Waals surface area contributed by atoms with Gasteiger partial charge in [0.2, 0.25) is 5.88 Å². The monoisotopic (exact) mass is 410 g/mol. The number of hydrogen-bond donors (Lipinski definition) is 2. The van der Waals surface area contributed by atoms with Crippen molar-refractivity contribution in [1.82, 2.24) is 9.55 Å². The molecule has 0 amide bonds. The zero-order valence-electron chi connectivity index (χ0n) is 16.4. The SMILES string of the molecule is COc1ccc(-n2c(O)c(C=Nc3cc(C)c(C)c([N+](=O)[O-])c3)c(=O)[nH]c2=O)cc1. The van der Waals surface area contributed by atoms with Gasteiger partial charge in [-0.2, -0.15) is 0 Å². The molecule has 10 heteroatoms. The van der Waals surface area contributed by atoms with Crippen molar-refractivity contribution < 1.29 is 14.8 Å². The van der Waals surface area contributed by atoms with E-state index in [9.17, 15) is 24.8 Å². The molecule has 0 aliphatic rings. The predicted molar refractivity (Wildman–Crippen MR) is 111 cm³/mol. The van der Waals surface area contributed by atoms with Crippen LogP contribution in [0.25, 0.3) is 5.69 Å². The van der Waals surface area contributed by atoms with Crippen molar-refractivity contribution in [2.45, 2.75) is 13.8 Å². The fourth-order valence-electron chi connectivity index (χ4n) is 2.85. The number of aromatic nitrogens is 2. The second-order valence-corrected chi connectivity index (χ2v) is 6.45. The van der Waals surface area contributed by atoms with E-state index in [0.717, 1.165) is 10.8 Å². The van der Waals surface area contributed by atoms with E-state index in [1.807, 2.05) is 0 Å². The molecule has 154 valence electrons. The molecule has 0 radical (unpaired) electrons. The Labute approximate surface area is 169 Å². The number of hydrogen-bond acceptors (Lipinski definition) is 7. The van der Waals surface area contributed by atoms with E-state index in [2.05, 4.69) is 9.98 Å². The summed E-state index contributed by atoms with van der Waals surface area (Å²) >= 11 is 0. The van der Waals surface area contributed by atoms with Crippen molar-refractivity contribution >= 4 is 17.6 Å². The van der Waals surface area contributed by atoms with Gasteiger partial charge in [-0.05, 0) is 49.7 Å². The maximum absolute atomic E-state index is 12.2. The molecular formula is C20H18N4O6. The van der Waals surface area contributed by atoms with Gasteiger partial charge in [-0.3, -0.25) is 24.9 Å². The van der Waals surface area contributed by atoms with Crippen LogP contribution in [-0.2, 0) is 0 Å². The number of aliphatic imine (C=N–C) groups is 1. The molecule has 0 saturated carbocycles. The summed E-state index contributed by atoms with van der Waals surface area (Å²) < 4.78 is 5.97. The number of nitro benzene ring substituents is 1. The van der Waals surface area contributed by atoms with Gasteiger partial charge in [0.05, 0.1) is 23.4 Å². The molecular weight excluding hydrogens is 392 g/mol. The number of nitro groups is 1. The minimum atomic E-state index is -0.843. The van der Waals surface area contributed by atoms with Crippen LogP contribution in [0.4, 0.5) is 11.4 Å². The number of nitrogens with zero attached hydrogens (tertiary/aromatic N) is 3. The highest BCUT2D eigenvalue weighted by molar-refractivity contribution is 5.84. The van der Waals surface area contributed by atoms with Gasteiger partial charge >= 0.3 is 5.69 Å². The van der Waals surface area contributed by atoms with Crippen LogP contribution in [0, 0.1) is 24.0 Å². The molecule has 3 rings (SSSR count). The third kappa shape index (κ3) is 3.83. The highest BCUT2D eigenvalue weighted by Crippen LogP contribution is 2.28. The molecule has 0 saturated heterocycles. The normalized spacial score (nSPS) is 11.0. The lowest BCUT2D eigenvalue weighted by molar-refractivity contribution is -0.385. The first-order valence-electron chi connectivity index (χ1n) is 8.75. The molecule has 2 N–H and O–H groups in total. The highest BCUT2D eigenvalue weighted by atomic mass is 16.6. The summed E-state index contributed by atoms with van der Waals surface area (Å²) in [6.45, 7) is 3.33. The Morgan fingerprint density at radius 3 is 2.47 bits per heavy atom. The first-order valence-corrected chi connectivity index (χ1v) is 8.75. The topological polar surface area (TPSA) is 140 Å². The van der Waals surface area contributed by atoms with Crippen LogP contribution in [0.2, 0.25) is 0 Å². The first kappa shape index (κ1) is 20.5. The Balaban J connectivity index is 2.10. The third-order valence-corrected chi connectivity index (χ3v) is 4.62. The molecule has 0 bridgehead atoms. The molecule has 0 spiro atoms. The number of ether oxygens (including phenoxy) is 1. The fraction of sp³-hybridized carbons (Fsp3) is 0.150. The number of H-pyrrole nitrogens is 1. The zero-order chi connectivity index (χ0) is 22.0. The number of benzene rings is 2. The number of aromatic hydroxyl groups is 1. The van der Waals surface area contributed by atoms with Crippen LogP contribution >= 0.6 is 0 Å². The standard InChI is InChI=1S/C20H18N4O6/c1-11-8-13(9-17(12(11)2)24(28)29)21-10-16-18(25)22-20(27)23(19(16)26)14-4-6-15(30-3)7-5-14/h4-10,26H,1-3H3,(H,22,25,27). The van der Waals surface area contributed by atoms with Gasteiger partial charge in [-0.15, -0.1) is 0 Å². The van der Waals surface area contributed by atoms with E-state index >= 15 is 0 Å². The van der Waals surface area contributed by atoms with Crippen molar-refractivity contribution in [3.05, 3.63) is 84.0 Å². The first-order chi connectivity index (χ1) is 14.2. The quantitative estimate of drug-likeness (QED) is 0.376. The lowest BCUT2D eigenvalue weighted by Gasteiger charge is -2.10. The Morgan fingerprint density at radius 2 is 1.87 bits per heavy atom. The molecule has 1 heterocycles. The molecule has 30 heavy (non-hydrogen) atoms. The average Bonchev–Trinajstić information content (AvgIpc) is 2.70. The Hall–Kier alpha value is -4.21. The van der Waals surface area contributed by atoms with Crippen molar-refractivity contribution in [2.75, 3.05) is 7.11 Å². The van der Waals surface area contributed by atoms with E-state index in [1.54, 1.807) is 32.0 Å². The number of rotatable bonds is 5. The number of nitrogens with one attached hydrogen (secondary N) is 1. The molecule has 0 fully saturated rings. The lowest BCUT2D eigenvalue weighted by atomic mass is 10.1. The van der Waals surface area contributed by atoms with Gasteiger partial charge in [-0.1, -0.05) is 0 Å². The lowest BCUT2D eigenvalue weighted by Crippen LogP contribution is -2.31. The fourth-order valence-corrected chi connectivity index (χ4v) is 2.85. The van der Waals surface area contributed by atoms with Crippen LogP contribution in [-0.4, -0.2) is 32.9 Å². The molecule has 10 nitrogen and oxygen atoms in total. The summed E-state index contributed by atoms with van der Waals surface area (Å²) in [5.74, 6) is -0.0650. The highest BCUT2D eigenvalue weighted by Gasteiger charge is 2.16. The second kappa shape index (κ2) is 8.03. The summed E-state index contributed by atoms with van der Waals surface area (Å²) in [5.41, 5.74) is -0.372. The minimum absolute atomic E-state index is 0.108. The summed E-state index contributed by atoms with van der Waals surface area (Å²) in [4.78, 5) is 41.4. The number of methoxy groups -OCH3 is 1. The van der Waals surface area contributed by atoms with Gasteiger partial charge in [0.25, 0.3) is 11.2 Å². The minimum Gasteiger partial charge on any atom is -0.497 e. The van der Waals surface area contributed by atoms with Crippen molar-refractivity contribution in [3.8, 4) is 17.3 Å². The second-order valence-electron chi connectivity index (χ2n) is 6.45. The molecule has 0 aliphatic heterocycles. The average molecular weight is 410 g/mol. The van der Waals surface area contributed by atoms with E-state index < -0.39 is 22.1 Å². The molecule has 2 aromatic carbocycles. The smallest absolute Gasteiger partial charge is 0.335 e. The van der Waals surface area contributed by atoms with E-state index in [-0.39, 0.29) is 16.9 Å². The van der Waals surface area contributed by atoms with Crippen LogP contribution in [0.3, 0.4) is 0 Å². The Bertz CT molecular complexity index is 1270. The Morgan fingerprint density at radius 1 is 1.20 bits per heavy atom. The summed E-state index contributed by atoms with van der Waals surface area (Å²) in [6, 6.07) is 9.13. The zero-order valence-corrected chi connectivity index (χ0v) is 16.4. The van der Waals surface area contributed by atoms with Crippen molar-refractivity contribution in [3.63, 3.8) is 0 Å². The summed E-state index contributed by atoms with van der Waals surface area (Å²) in [6.07, 6.45) is 1.06. The predicted octanol–water partition coefficient (Wildman–Crippen LogP) is 2.52. The van der Waals surface area contributed by atoms with Crippen LogP contribution in [0.15, 0.2) is 51.0 Å². The maximum atomic E-state index is 12.2. The van der Waals surface area contributed by atoms with E-state index in [0.29, 0.717) is 22.6 Å².